The molecule has 0 saturated carbocycles. The number of aryl methyl sites for hydroxylation is 1. The fourth-order valence-electron chi connectivity index (χ4n) is 3.09. The van der Waals surface area contributed by atoms with Crippen LogP contribution in [0.4, 0.5) is 10.1 Å². The molecule has 0 saturated heterocycles. The fraction of sp³-hybridized carbons (Fsp3) is 0.143. The molecule has 0 aliphatic carbocycles. The van der Waals surface area contributed by atoms with Gasteiger partial charge in [-0.15, -0.1) is 11.8 Å². The number of aromatic hydroxyl groups is 1. The fourth-order valence-corrected chi connectivity index (χ4v) is 4.33. The van der Waals surface area contributed by atoms with Crippen molar-refractivity contribution in [2.75, 3.05) is 0 Å². The van der Waals surface area contributed by atoms with Crippen molar-refractivity contribution >= 4 is 23.2 Å². The van der Waals surface area contributed by atoms with Crippen molar-refractivity contribution in [3.63, 3.8) is 0 Å². The van der Waals surface area contributed by atoms with Gasteiger partial charge < -0.3 is 9.52 Å². The van der Waals surface area contributed by atoms with Crippen LogP contribution in [-0.2, 0) is 0 Å². The van der Waals surface area contributed by atoms with E-state index in [-0.39, 0.29) is 22.4 Å². The van der Waals surface area contributed by atoms with E-state index in [4.69, 9.17) is 4.42 Å². The molecule has 1 atom stereocenters. The summed E-state index contributed by atoms with van der Waals surface area (Å²) in [4.78, 5) is 18.0. The summed E-state index contributed by atoms with van der Waals surface area (Å²) >= 11 is 1.60. The average molecular weight is 381 g/mol. The Hall–Kier alpha value is -2.86. The van der Waals surface area contributed by atoms with Gasteiger partial charge in [-0.05, 0) is 36.8 Å². The molecule has 1 aliphatic heterocycles. The topological polar surface area (TPSA) is 62.8 Å². The second-order valence-corrected chi connectivity index (χ2v) is 7.54. The first kappa shape index (κ1) is 17.5. The van der Waals surface area contributed by atoms with Crippen LogP contribution in [0.1, 0.15) is 28.6 Å². The summed E-state index contributed by atoms with van der Waals surface area (Å²) in [5, 5.41) is 10.3. The maximum atomic E-state index is 13.3. The third-order valence-corrected chi connectivity index (χ3v) is 5.68. The van der Waals surface area contributed by atoms with Crippen LogP contribution in [0, 0.1) is 12.7 Å². The van der Waals surface area contributed by atoms with Crippen molar-refractivity contribution in [3.05, 3.63) is 87.7 Å². The maximum Gasteiger partial charge on any atom is 0.348 e. The predicted octanol–water partition coefficient (Wildman–Crippen LogP) is 5.15. The number of thioether (sulfide) groups is 1. The molecule has 1 unspecified atom stereocenters. The van der Waals surface area contributed by atoms with Crippen LogP contribution in [0.15, 0.2) is 73.7 Å². The zero-order chi connectivity index (χ0) is 19.0. The highest BCUT2D eigenvalue weighted by atomic mass is 32.2. The van der Waals surface area contributed by atoms with Gasteiger partial charge in [0.2, 0.25) is 0 Å². The quantitative estimate of drug-likeness (QED) is 0.667. The molecule has 4 nitrogen and oxygen atoms in total. The number of para-hydroxylation sites is 1. The summed E-state index contributed by atoms with van der Waals surface area (Å²) in [6.45, 7) is 1.60. The number of halogens is 1. The molecule has 27 heavy (non-hydrogen) atoms. The molecule has 6 heteroatoms. The van der Waals surface area contributed by atoms with Crippen molar-refractivity contribution < 1.29 is 13.9 Å². The normalized spacial score (nSPS) is 16.4. The molecule has 1 aliphatic rings. The highest BCUT2D eigenvalue weighted by molar-refractivity contribution is 7.99. The lowest BCUT2D eigenvalue weighted by molar-refractivity contribution is 0.432. The Labute approximate surface area is 159 Å². The largest absolute Gasteiger partial charge is 0.507 e. The minimum atomic E-state index is -0.617. The summed E-state index contributed by atoms with van der Waals surface area (Å²) in [6, 6.07) is 15.3. The van der Waals surface area contributed by atoms with Crippen LogP contribution in [-0.4, -0.2) is 10.8 Å². The van der Waals surface area contributed by atoms with Crippen molar-refractivity contribution in [2.24, 2.45) is 4.99 Å². The van der Waals surface area contributed by atoms with Crippen molar-refractivity contribution in [3.8, 4) is 5.75 Å². The van der Waals surface area contributed by atoms with Gasteiger partial charge in [-0.25, -0.2) is 9.18 Å². The van der Waals surface area contributed by atoms with Crippen LogP contribution in [0.5, 0.6) is 5.75 Å². The highest BCUT2D eigenvalue weighted by Crippen LogP contribution is 2.45. The van der Waals surface area contributed by atoms with Crippen LogP contribution < -0.4 is 5.63 Å². The second-order valence-electron chi connectivity index (χ2n) is 6.29. The first-order valence-corrected chi connectivity index (χ1v) is 9.32. The van der Waals surface area contributed by atoms with E-state index in [0.29, 0.717) is 17.9 Å². The second kappa shape index (κ2) is 7.04. The molecule has 0 spiro atoms. The van der Waals surface area contributed by atoms with Gasteiger partial charge in [0.1, 0.15) is 22.9 Å². The lowest BCUT2D eigenvalue weighted by Crippen LogP contribution is -2.17. The first-order chi connectivity index (χ1) is 13.0. The maximum absolute atomic E-state index is 13.3. The Morgan fingerprint density at radius 3 is 2.67 bits per heavy atom. The smallest absolute Gasteiger partial charge is 0.348 e. The van der Waals surface area contributed by atoms with E-state index in [1.165, 1.54) is 18.2 Å². The lowest BCUT2D eigenvalue weighted by atomic mass is 10.0. The standard InChI is InChI=1S/C21H16FNO3S/c1-12-10-17(24)20(21(25)26-12)16-11-19(13-6-8-14(22)9-7-13)27-18-5-3-2-4-15(18)23-16/h2-10,19,24H,11H2,1H3. The van der Waals surface area contributed by atoms with Crippen LogP contribution >= 0.6 is 11.8 Å². The molecule has 0 fully saturated rings. The van der Waals surface area contributed by atoms with E-state index in [1.807, 2.05) is 24.3 Å². The van der Waals surface area contributed by atoms with Crippen molar-refractivity contribution in [1.29, 1.82) is 0 Å². The van der Waals surface area contributed by atoms with Crippen LogP contribution in [0.2, 0.25) is 0 Å². The number of nitrogens with zero attached hydrogens (tertiary/aromatic N) is 1. The van der Waals surface area contributed by atoms with E-state index in [1.54, 1.807) is 30.8 Å². The monoisotopic (exact) mass is 381 g/mol. The SMILES string of the molecule is Cc1cc(O)c(C2=Nc3ccccc3SC(c3ccc(F)cc3)C2)c(=O)o1. The minimum Gasteiger partial charge on any atom is -0.507 e. The van der Waals surface area contributed by atoms with Gasteiger partial charge >= 0.3 is 5.63 Å². The molecule has 0 bridgehead atoms. The molecule has 1 N–H and O–H groups in total. The molecule has 2 heterocycles. The Morgan fingerprint density at radius 1 is 1.19 bits per heavy atom. The number of hydrogen-bond donors (Lipinski definition) is 1. The Bertz CT molecular complexity index is 1090. The number of aliphatic imine (C=N–C) groups is 1. The van der Waals surface area contributed by atoms with E-state index in [9.17, 15) is 14.3 Å². The molecule has 2 aromatic carbocycles. The third-order valence-electron chi connectivity index (χ3n) is 4.35. The summed E-state index contributed by atoms with van der Waals surface area (Å²) in [5.74, 6) is -0.117. The zero-order valence-corrected chi connectivity index (χ0v) is 15.3. The summed E-state index contributed by atoms with van der Waals surface area (Å²) < 4.78 is 18.5. The third kappa shape index (κ3) is 3.53. The molecule has 0 radical (unpaired) electrons. The molecular weight excluding hydrogens is 365 g/mol. The Kier molecular flexibility index (Phi) is 4.58. The van der Waals surface area contributed by atoms with Crippen LogP contribution in [0.25, 0.3) is 0 Å². The van der Waals surface area contributed by atoms with Gasteiger partial charge in [0.05, 0.1) is 11.4 Å². The van der Waals surface area contributed by atoms with Gasteiger partial charge in [0, 0.05) is 22.6 Å². The van der Waals surface area contributed by atoms with Gasteiger partial charge in [-0.3, -0.25) is 4.99 Å². The van der Waals surface area contributed by atoms with Crippen molar-refractivity contribution in [2.45, 2.75) is 23.5 Å². The van der Waals surface area contributed by atoms with Gasteiger partial charge in [-0.1, -0.05) is 24.3 Å². The van der Waals surface area contributed by atoms with Gasteiger partial charge in [0.15, 0.2) is 0 Å². The lowest BCUT2D eigenvalue weighted by Gasteiger charge is -2.16. The van der Waals surface area contributed by atoms with E-state index in [2.05, 4.69) is 4.99 Å². The van der Waals surface area contributed by atoms with E-state index < -0.39 is 5.63 Å². The Morgan fingerprint density at radius 2 is 1.93 bits per heavy atom. The molecule has 1 aromatic heterocycles. The van der Waals surface area contributed by atoms with E-state index >= 15 is 0 Å². The number of hydrogen-bond acceptors (Lipinski definition) is 5. The first-order valence-electron chi connectivity index (χ1n) is 8.44. The predicted molar refractivity (Wildman–Crippen MR) is 104 cm³/mol. The Balaban J connectivity index is 1.86. The summed E-state index contributed by atoms with van der Waals surface area (Å²) in [6.07, 6.45) is 0.395. The van der Waals surface area contributed by atoms with Crippen LogP contribution in [0.3, 0.4) is 0 Å². The number of rotatable bonds is 2. The molecule has 0 amide bonds. The highest BCUT2D eigenvalue weighted by Gasteiger charge is 2.26. The average Bonchev–Trinajstić information content (AvgIpc) is 2.81. The molecule has 3 aromatic rings. The van der Waals surface area contributed by atoms with E-state index in [0.717, 1.165) is 16.1 Å². The summed E-state index contributed by atoms with van der Waals surface area (Å²) in [5.41, 5.74) is 1.55. The van der Waals surface area contributed by atoms with Gasteiger partial charge in [-0.2, -0.15) is 0 Å². The molecule has 136 valence electrons. The number of benzene rings is 2. The summed E-state index contributed by atoms with van der Waals surface area (Å²) in [7, 11) is 0. The molecule has 4 rings (SSSR count). The van der Waals surface area contributed by atoms with Crippen molar-refractivity contribution in [1.82, 2.24) is 0 Å². The zero-order valence-electron chi connectivity index (χ0n) is 14.5. The molecular formula is C21H16FNO3S. The minimum absolute atomic E-state index is 0.0741. The number of fused-ring (bicyclic) bond motifs is 1. The van der Waals surface area contributed by atoms with Gasteiger partial charge in [0.25, 0.3) is 0 Å².